The predicted octanol–water partition coefficient (Wildman–Crippen LogP) is -0.927. The molecule has 1 saturated carbocycles. The Morgan fingerprint density at radius 1 is 1.30 bits per heavy atom. The van der Waals surface area contributed by atoms with Crippen molar-refractivity contribution in [3.63, 3.8) is 0 Å². The van der Waals surface area contributed by atoms with E-state index in [0.29, 0.717) is 6.04 Å². The molecule has 0 spiro atoms. The SMILES string of the molecule is OC1(C2CNCCN2)CC1. The standard InChI is InChI=1S/C7H14N2O/c10-7(1-2-7)6-5-8-3-4-9-6/h6,8-10H,1-5H2. The van der Waals surface area contributed by atoms with Gasteiger partial charge in [0.1, 0.15) is 0 Å². The lowest BCUT2D eigenvalue weighted by Gasteiger charge is -2.28. The molecule has 1 saturated heterocycles. The summed E-state index contributed by atoms with van der Waals surface area (Å²) < 4.78 is 0. The summed E-state index contributed by atoms with van der Waals surface area (Å²) in [7, 11) is 0. The molecule has 0 aromatic heterocycles. The van der Waals surface area contributed by atoms with E-state index in [4.69, 9.17) is 0 Å². The molecule has 2 rings (SSSR count). The van der Waals surface area contributed by atoms with Crippen molar-refractivity contribution in [2.24, 2.45) is 0 Å². The molecule has 2 aliphatic rings. The van der Waals surface area contributed by atoms with E-state index in [1.165, 1.54) is 0 Å². The minimum Gasteiger partial charge on any atom is -0.388 e. The van der Waals surface area contributed by atoms with Crippen LogP contribution in [-0.2, 0) is 0 Å². The number of piperazine rings is 1. The van der Waals surface area contributed by atoms with Gasteiger partial charge in [0.25, 0.3) is 0 Å². The van der Waals surface area contributed by atoms with E-state index in [9.17, 15) is 5.11 Å². The van der Waals surface area contributed by atoms with Gasteiger partial charge in [-0.15, -0.1) is 0 Å². The van der Waals surface area contributed by atoms with Crippen molar-refractivity contribution in [1.29, 1.82) is 0 Å². The largest absolute Gasteiger partial charge is 0.388 e. The Kier molecular flexibility index (Phi) is 1.44. The predicted molar refractivity (Wildman–Crippen MR) is 38.8 cm³/mol. The van der Waals surface area contributed by atoms with E-state index < -0.39 is 0 Å². The molecule has 1 heterocycles. The second-order valence-electron chi connectivity index (χ2n) is 3.31. The van der Waals surface area contributed by atoms with Crippen molar-refractivity contribution in [3.05, 3.63) is 0 Å². The Bertz CT molecular complexity index is 128. The van der Waals surface area contributed by atoms with Gasteiger partial charge < -0.3 is 15.7 Å². The van der Waals surface area contributed by atoms with Crippen LogP contribution >= 0.6 is 0 Å². The van der Waals surface area contributed by atoms with Gasteiger partial charge in [-0.1, -0.05) is 0 Å². The van der Waals surface area contributed by atoms with Gasteiger partial charge in [0.15, 0.2) is 0 Å². The van der Waals surface area contributed by atoms with Crippen LogP contribution in [0.5, 0.6) is 0 Å². The van der Waals surface area contributed by atoms with Gasteiger partial charge >= 0.3 is 0 Å². The van der Waals surface area contributed by atoms with E-state index in [1.54, 1.807) is 0 Å². The summed E-state index contributed by atoms with van der Waals surface area (Å²) in [6, 6.07) is 0.307. The van der Waals surface area contributed by atoms with Crippen molar-refractivity contribution in [1.82, 2.24) is 10.6 Å². The summed E-state index contributed by atoms with van der Waals surface area (Å²) in [5.74, 6) is 0. The first kappa shape index (κ1) is 6.58. The van der Waals surface area contributed by atoms with Crippen LogP contribution in [0.25, 0.3) is 0 Å². The molecule has 0 amide bonds. The summed E-state index contributed by atoms with van der Waals surface area (Å²) in [5.41, 5.74) is -0.354. The quantitative estimate of drug-likeness (QED) is 0.443. The Balaban J connectivity index is 1.91. The van der Waals surface area contributed by atoms with Crippen molar-refractivity contribution >= 4 is 0 Å². The van der Waals surface area contributed by atoms with Crippen LogP contribution in [-0.4, -0.2) is 36.4 Å². The monoisotopic (exact) mass is 142 g/mol. The summed E-state index contributed by atoms with van der Waals surface area (Å²) in [6.45, 7) is 2.95. The van der Waals surface area contributed by atoms with E-state index >= 15 is 0 Å². The minimum atomic E-state index is -0.354. The topological polar surface area (TPSA) is 44.3 Å². The molecule has 1 aliphatic heterocycles. The maximum atomic E-state index is 9.65. The number of nitrogens with one attached hydrogen (secondary N) is 2. The van der Waals surface area contributed by atoms with E-state index in [-0.39, 0.29) is 5.60 Å². The third-order valence-electron chi connectivity index (χ3n) is 2.45. The summed E-state index contributed by atoms with van der Waals surface area (Å²) in [6.07, 6.45) is 1.96. The average molecular weight is 142 g/mol. The van der Waals surface area contributed by atoms with Gasteiger partial charge in [-0.3, -0.25) is 0 Å². The minimum absolute atomic E-state index is 0.307. The fourth-order valence-corrected chi connectivity index (χ4v) is 1.51. The highest BCUT2D eigenvalue weighted by atomic mass is 16.3. The molecule has 3 heteroatoms. The molecule has 0 bridgehead atoms. The van der Waals surface area contributed by atoms with Gasteiger partial charge in [0.2, 0.25) is 0 Å². The zero-order valence-corrected chi connectivity index (χ0v) is 6.06. The highest BCUT2D eigenvalue weighted by Crippen LogP contribution is 2.38. The fourth-order valence-electron chi connectivity index (χ4n) is 1.51. The number of hydrogen-bond acceptors (Lipinski definition) is 3. The van der Waals surface area contributed by atoms with Gasteiger partial charge in [-0.2, -0.15) is 0 Å². The Morgan fingerprint density at radius 2 is 2.10 bits per heavy atom. The Morgan fingerprint density at radius 3 is 2.60 bits per heavy atom. The highest BCUT2D eigenvalue weighted by Gasteiger charge is 2.47. The molecule has 3 nitrogen and oxygen atoms in total. The van der Waals surface area contributed by atoms with Crippen LogP contribution in [0.3, 0.4) is 0 Å². The fraction of sp³-hybridized carbons (Fsp3) is 1.00. The van der Waals surface area contributed by atoms with Crippen molar-refractivity contribution in [2.45, 2.75) is 24.5 Å². The van der Waals surface area contributed by atoms with Crippen LogP contribution in [0.4, 0.5) is 0 Å². The second-order valence-corrected chi connectivity index (χ2v) is 3.31. The lowest BCUT2D eigenvalue weighted by Crippen LogP contribution is -2.55. The van der Waals surface area contributed by atoms with Crippen LogP contribution in [0.2, 0.25) is 0 Å². The van der Waals surface area contributed by atoms with Crippen LogP contribution in [0.1, 0.15) is 12.8 Å². The maximum absolute atomic E-state index is 9.65. The van der Waals surface area contributed by atoms with E-state index in [2.05, 4.69) is 10.6 Å². The lowest BCUT2D eigenvalue weighted by atomic mass is 10.1. The first-order valence-electron chi connectivity index (χ1n) is 3.98. The normalized spacial score (nSPS) is 37.5. The van der Waals surface area contributed by atoms with Crippen molar-refractivity contribution < 1.29 is 5.11 Å². The Hall–Kier alpha value is -0.120. The van der Waals surface area contributed by atoms with Crippen LogP contribution < -0.4 is 10.6 Å². The van der Waals surface area contributed by atoms with Crippen molar-refractivity contribution in [3.8, 4) is 0 Å². The summed E-state index contributed by atoms with van der Waals surface area (Å²) >= 11 is 0. The summed E-state index contributed by atoms with van der Waals surface area (Å²) in [4.78, 5) is 0. The number of aliphatic hydroxyl groups is 1. The molecule has 2 fully saturated rings. The van der Waals surface area contributed by atoms with Crippen LogP contribution in [0, 0.1) is 0 Å². The first-order chi connectivity index (χ1) is 4.81. The number of rotatable bonds is 1. The zero-order chi connectivity index (χ0) is 7.03. The molecule has 58 valence electrons. The van der Waals surface area contributed by atoms with Gasteiger partial charge in [0.05, 0.1) is 5.60 Å². The molecule has 1 unspecified atom stereocenters. The van der Waals surface area contributed by atoms with Crippen molar-refractivity contribution in [2.75, 3.05) is 19.6 Å². The second kappa shape index (κ2) is 2.19. The van der Waals surface area contributed by atoms with Gasteiger partial charge in [0, 0.05) is 25.7 Å². The third kappa shape index (κ3) is 1.05. The lowest BCUT2D eigenvalue weighted by molar-refractivity contribution is 0.0949. The average Bonchev–Trinajstić information content (AvgIpc) is 2.72. The molecule has 10 heavy (non-hydrogen) atoms. The smallest absolute Gasteiger partial charge is 0.0814 e. The highest BCUT2D eigenvalue weighted by molar-refractivity contribution is 5.05. The number of hydrogen-bond donors (Lipinski definition) is 3. The van der Waals surface area contributed by atoms with Gasteiger partial charge in [-0.05, 0) is 12.8 Å². The molecule has 0 radical (unpaired) electrons. The van der Waals surface area contributed by atoms with Gasteiger partial charge in [-0.25, -0.2) is 0 Å². The first-order valence-corrected chi connectivity index (χ1v) is 3.98. The molecule has 3 N–H and O–H groups in total. The molecular weight excluding hydrogens is 128 g/mol. The third-order valence-corrected chi connectivity index (χ3v) is 2.45. The Labute approximate surface area is 60.8 Å². The maximum Gasteiger partial charge on any atom is 0.0814 e. The van der Waals surface area contributed by atoms with E-state index in [1.807, 2.05) is 0 Å². The summed E-state index contributed by atoms with van der Waals surface area (Å²) in [5, 5.41) is 16.2. The molecule has 0 aromatic rings. The van der Waals surface area contributed by atoms with E-state index in [0.717, 1.165) is 32.5 Å². The molecule has 0 aromatic carbocycles. The van der Waals surface area contributed by atoms with Crippen LogP contribution in [0.15, 0.2) is 0 Å². The molecule has 1 atom stereocenters. The molecule has 1 aliphatic carbocycles. The zero-order valence-electron chi connectivity index (χ0n) is 6.06. The molecular formula is C7H14N2O.